The van der Waals surface area contributed by atoms with Gasteiger partial charge in [0, 0.05) is 37.3 Å². The number of piperidine rings is 1. The van der Waals surface area contributed by atoms with E-state index in [4.69, 9.17) is 5.73 Å². The van der Waals surface area contributed by atoms with Crippen LogP contribution in [0.25, 0.3) is 10.9 Å². The monoisotopic (exact) mass is 398 g/mol. The minimum absolute atomic E-state index is 0. The summed E-state index contributed by atoms with van der Waals surface area (Å²) >= 11 is 0. The summed E-state index contributed by atoms with van der Waals surface area (Å²) in [5.41, 5.74) is 8.85. The molecule has 2 aromatic rings. The number of para-hydroxylation sites is 1. The van der Waals surface area contributed by atoms with E-state index >= 15 is 0 Å². The van der Waals surface area contributed by atoms with Gasteiger partial charge in [-0.3, -0.25) is 14.7 Å². The lowest BCUT2D eigenvalue weighted by Crippen LogP contribution is -2.43. The second kappa shape index (κ2) is 10.7. The average Bonchev–Trinajstić information content (AvgIpc) is 2.59. The number of halogens is 2. The molecule has 1 aliphatic heterocycles. The van der Waals surface area contributed by atoms with E-state index in [2.05, 4.69) is 39.5 Å². The molecule has 1 aliphatic rings. The molecule has 1 unspecified atom stereocenters. The number of aryl methyl sites for hydroxylation is 1. The number of nitrogens with two attached hydrogens (primary N) is 1. The summed E-state index contributed by atoms with van der Waals surface area (Å²) in [6, 6.07) is 10.4. The van der Waals surface area contributed by atoms with Crippen molar-refractivity contribution in [3.05, 3.63) is 41.6 Å². The molecule has 0 aliphatic carbocycles. The third-order valence-corrected chi connectivity index (χ3v) is 4.64. The Labute approximate surface area is 167 Å². The standard InChI is InChI=1S/C19H26N4O.2ClH/c1-14-11-16(17-6-2-3-7-18(17)22-14)13-23-10-4-5-15(12-23)19(24)21-9-8-20;;/h2-3,6-7,11,15H,4-5,8-10,12-13,20H2,1H3,(H,21,24);2*1H. The van der Waals surface area contributed by atoms with E-state index in [0.717, 1.165) is 43.7 Å². The summed E-state index contributed by atoms with van der Waals surface area (Å²) < 4.78 is 0. The Morgan fingerprint density at radius 1 is 1.35 bits per heavy atom. The van der Waals surface area contributed by atoms with Crippen LogP contribution in [0.1, 0.15) is 24.1 Å². The Bertz CT molecular complexity index is 726. The number of hydrogen-bond acceptors (Lipinski definition) is 4. The Hall–Kier alpha value is -1.40. The first kappa shape index (κ1) is 22.6. The van der Waals surface area contributed by atoms with Crippen LogP contribution < -0.4 is 11.1 Å². The summed E-state index contributed by atoms with van der Waals surface area (Å²) in [6.45, 7) is 5.80. The number of amides is 1. The molecule has 1 aromatic carbocycles. The zero-order valence-electron chi connectivity index (χ0n) is 15.1. The van der Waals surface area contributed by atoms with Crippen molar-refractivity contribution in [1.82, 2.24) is 15.2 Å². The van der Waals surface area contributed by atoms with Crippen LogP contribution in [0.2, 0.25) is 0 Å². The SMILES string of the molecule is Cc1cc(CN2CCCC(C(=O)NCCN)C2)c2ccccc2n1.Cl.Cl. The lowest BCUT2D eigenvalue weighted by Gasteiger charge is -2.32. The van der Waals surface area contributed by atoms with E-state index in [9.17, 15) is 4.79 Å². The first-order valence-corrected chi connectivity index (χ1v) is 8.73. The largest absolute Gasteiger partial charge is 0.355 e. The average molecular weight is 399 g/mol. The van der Waals surface area contributed by atoms with Crippen molar-refractivity contribution in [3.8, 4) is 0 Å². The molecule has 5 nitrogen and oxygen atoms in total. The fraction of sp³-hybridized carbons (Fsp3) is 0.474. The minimum atomic E-state index is 0. The second-order valence-corrected chi connectivity index (χ2v) is 6.59. The van der Waals surface area contributed by atoms with Gasteiger partial charge in [-0.25, -0.2) is 0 Å². The predicted molar refractivity (Wildman–Crippen MR) is 111 cm³/mol. The van der Waals surface area contributed by atoms with Crippen LogP contribution in [0.3, 0.4) is 0 Å². The number of nitrogens with zero attached hydrogens (tertiary/aromatic N) is 2. The van der Waals surface area contributed by atoms with Crippen LogP contribution in [0.15, 0.2) is 30.3 Å². The van der Waals surface area contributed by atoms with E-state index in [1.165, 1.54) is 10.9 Å². The van der Waals surface area contributed by atoms with Crippen LogP contribution in [-0.2, 0) is 11.3 Å². The highest BCUT2D eigenvalue weighted by Gasteiger charge is 2.25. The van der Waals surface area contributed by atoms with Gasteiger partial charge in [-0.2, -0.15) is 0 Å². The van der Waals surface area contributed by atoms with Gasteiger partial charge in [0.15, 0.2) is 0 Å². The summed E-state index contributed by atoms with van der Waals surface area (Å²) in [5, 5.41) is 4.13. The molecule has 0 radical (unpaired) electrons. The number of carbonyl (C=O) groups is 1. The van der Waals surface area contributed by atoms with Gasteiger partial charge in [-0.1, -0.05) is 18.2 Å². The molecule has 26 heavy (non-hydrogen) atoms. The molecule has 1 fully saturated rings. The maximum atomic E-state index is 12.2. The smallest absolute Gasteiger partial charge is 0.224 e. The number of rotatable bonds is 5. The number of fused-ring (bicyclic) bond motifs is 1. The zero-order chi connectivity index (χ0) is 16.9. The van der Waals surface area contributed by atoms with Crippen LogP contribution >= 0.6 is 24.8 Å². The number of nitrogens with one attached hydrogen (secondary N) is 1. The fourth-order valence-electron chi connectivity index (χ4n) is 3.52. The third-order valence-electron chi connectivity index (χ3n) is 4.64. The van der Waals surface area contributed by atoms with E-state index in [1.807, 2.05) is 13.0 Å². The number of aromatic nitrogens is 1. The molecule has 144 valence electrons. The van der Waals surface area contributed by atoms with Gasteiger partial charge in [0.2, 0.25) is 5.91 Å². The lowest BCUT2D eigenvalue weighted by atomic mass is 9.96. The predicted octanol–water partition coefficient (Wildman–Crippen LogP) is 2.67. The van der Waals surface area contributed by atoms with Crippen molar-refractivity contribution >= 4 is 41.6 Å². The van der Waals surface area contributed by atoms with Crippen LogP contribution in [0, 0.1) is 12.8 Å². The van der Waals surface area contributed by atoms with Gasteiger partial charge in [0.25, 0.3) is 0 Å². The van der Waals surface area contributed by atoms with E-state index < -0.39 is 0 Å². The molecule has 0 saturated carbocycles. The Morgan fingerprint density at radius 2 is 2.12 bits per heavy atom. The van der Waals surface area contributed by atoms with E-state index in [0.29, 0.717) is 13.1 Å². The first-order valence-electron chi connectivity index (χ1n) is 8.73. The molecular weight excluding hydrogens is 371 g/mol. The molecule has 0 bridgehead atoms. The van der Waals surface area contributed by atoms with E-state index in [-0.39, 0.29) is 36.6 Å². The molecule has 1 atom stereocenters. The molecule has 0 spiro atoms. The van der Waals surface area contributed by atoms with Gasteiger partial charge >= 0.3 is 0 Å². The summed E-state index contributed by atoms with van der Waals surface area (Å²) in [6.07, 6.45) is 2.02. The summed E-state index contributed by atoms with van der Waals surface area (Å²) in [7, 11) is 0. The molecule has 3 N–H and O–H groups in total. The third kappa shape index (κ3) is 5.55. The van der Waals surface area contributed by atoms with Gasteiger partial charge in [0.1, 0.15) is 0 Å². The first-order chi connectivity index (χ1) is 11.7. The number of hydrogen-bond donors (Lipinski definition) is 2. The van der Waals surface area contributed by atoms with Crippen molar-refractivity contribution in [3.63, 3.8) is 0 Å². The van der Waals surface area contributed by atoms with Gasteiger partial charge < -0.3 is 11.1 Å². The topological polar surface area (TPSA) is 71.2 Å². The van der Waals surface area contributed by atoms with Crippen LogP contribution in [-0.4, -0.2) is 42.0 Å². The minimum Gasteiger partial charge on any atom is -0.355 e. The number of pyridine rings is 1. The Morgan fingerprint density at radius 3 is 2.88 bits per heavy atom. The van der Waals surface area contributed by atoms with Crippen LogP contribution in [0.4, 0.5) is 0 Å². The van der Waals surface area contributed by atoms with Crippen molar-refractivity contribution in [1.29, 1.82) is 0 Å². The molecule has 1 amide bonds. The molecular formula is C19H28Cl2N4O. The highest BCUT2D eigenvalue weighted by Crippen LogP contribution is 2.23. The van der Waals surface area contributed by atoms with Gasteiger partial charge in [0.05, 0.1) is 11.4 Å². The van der Waals surface area contributed by atoms with Crippen molar-refractivity contribution in [2.45, 2.75) is 26.3 Å². The number of likely N-dealkylation sites (tertiary alicyclic amines) is 1. The molecule has 1 aromatic heterocycles. The maximum absolute atomic E-state index is 12.2. The summed E-state index contributed by atoms with van der Waals surface area (Å²) in [5.74, 6) is 0.209. The number of carbonyl (C=O) groups excluding carboxylic acids is 1. The Kier molecular flexibility index (Phi) is 9.30. The van der Waals surface area contributed by atoms with Crippen LogP contribution in [0.5, 0.6) is 0 Å². The molecule has 2 heterocycles. The maximum Gasteiger partial charge on any atom is 0.224 e. The molecule has 1 saturated heterocycles. The van der Waals surface area contributed by atoms with Gasteiger partial charge in [-0.15, -0.1) is 24.8 Å². The Balaban J connectivity index is 0.00000169. The van der Waals surface area contributed by atoms with Crippen molar-refractivity contribution in [2.75, 3.05) is 26.2 Å². The highest BCUT2D eigenvalue weighted by atomic mass is 35.5. The fourth-order valence-corrected chi connectivity index (χ4v) is 3.52. The van der Waals surface area contributed by atoms with Crippen molar-refractivity contribution in [2.24, 2.45) is 11.7 Å². The summed E-state index contributed by atoms with van der Waals surface area (Å²) in [4.78, 5) is 19.2. The van der Waals surface area contributed by atoms with Gasteiger partial charge in [-0.05, 0) is 44.0 Å². The second-order valence-electron chi connectivity index (χ2n) is 6.59. The quantitative estimate of drug-likeness (QED) is 0.811. The molecule has 7 heteroatoms. The molecule has 3 rings (SSSR count). The van der Waals surface area contributed by atoms with E-state index in [1.54, 1.807) is 0 Å². The lowest BCUT2D eigenvalue weighted by molar-refractivity contribution is -0.126. The zero-order valence-corrected chi connectivity index (χ0v) is 16.7. The number of benzene rings is 1. The van der Waals surface area contributed by atoms with Crippen molar-refractivity contribution < 1.29 is 4.79 Å². The normalized spacial score (nSPS) is 17.2. The highest BCUT2D eigenvalue weighted by molar-refractivity contribution is 5.85.